The Morgan fingerprint density at radius 2 is 1.33 bits per heavy atom. The van der Waals surface area contributed by atoms with Gasteiger partial charge in [-0.05, 0) is 48.0 Å². The molecule has 0 fully saturated rings. The van der Waals surface area contributed by atoms with Crippen LogP contribution in [0.1, 0.15) is 11.1 Å². The number of nitrogens with zero attached hydrogens (tertiary/aromatic N) is 2. The number of para-hydroxylation sites is 1. The second-order valence-electron chi connectivity index (χ2n) is 7.63. The summed E-state index contributed by atoms with van der Waals surface area (Å²) in [6.07, 6.45) is -4.49. The summed E-state index contributed by atoms with van der Waals surface area (Å²) in [7, 11) is 0. The number of rotatable bonds is 5. The maximum atomic E-state index is 13.7. The fraction of sp³-hybridized carbons (Fsp3) is 0.0741. The second kappa shape index (κ2) is 8.47. The van der Waals surface area contributed by atoms with Crippen LogP contribution in [0.25, 0.3) is 22.2 Å². The molecule has 1 aromatic heterocycles. The van der Waals surface area contributed by atoms with Gasteiger partial charge in [0.05, 0.1) is 17.8 Å². The van der Waals surface area contributed by atoms with Gasteiger partial charge in [-0.2, -0.15) is 18.3 Å². The molecule has 0 unspecified atom stereocenters. The third kappa shape index (κ3) is 4.32. The second-order valence-corrected chi connectivity index (χ2v) is 7.63. The number of fused-ring (bicyclic) bond motifs is 1. The fourth-order valence-electron chi connectivity index (χ4n) is 3.86. The van der Waals surface area contributed by atoms with Crippen molar-refractivity contribution >= 4 is 10.9 Å². The van der Waals surface area contributed by atoms with Crippen molar-refractivity contribution in [2.24, 2.45) is 0 Å². The Morgan fingerprint density at radius 1 is 0.697 bits per heavy atom. The van der Waals surface area contributed by atoms with Crippen LogP contribution in [0.15, 0.2) is 103 Å². The van der Waals surface area contributed by atoms with Gasteiger partial charge in [0.15, 0.2) is 0 Å². The monoisotopic (exact) mass is 444 g/mol. The molecule has 0 bridgehead atoms. The van der Waals surface area contributed by atoms with Crippen LogP contribution in [-0.2, 0) is 12.7 Å². The molecule has 0 saturated carbocycles. The van der Waals surface area contributed by atoms with Crippen LogP contribution in [0, 0.1) is 0 Å². The van der Waals surface area contributed by atoms with Crippen molar-refractivity contribution in [3.8, 4) is 22.8 Å². The summed E-state index contributed by atoms with van der Waals surface area (Å²) >= 11 is 0. The van der Waals surface area contributed by atoms with E-state index in [4.69, 9.17) is 4.74 Å². The average Bonchev–Trinajstić information content (AvgIpc) is 3.18. The van der Waals surface area contributed by atoms with Crippen LogP contribution in [0.3, 0.4) is 0 Å². The molecular formula is C27H19F3N2O. The molecule has 0 aliphatic heterocycles. The molecule has 0 aliphatic rings. The molecule has 0 atom stereocenters. The molecule has 33 heavy (non-hydrogen) atoms. The van der Waals surface area contributed by atoms with Gasteiger partial charge in [-0.3, -0.25) is 4.68 Å². The molecule has 0 aliphatic carbocycles. The highest BCUT2D eigenvalue weighted by Gasteiger charge is 2.34. The third-order valence-corrected chi connectivity index (χ3v) is 5.36. The lowest BCUT2D eigenvalue weighted by Crippen LogP contribution is -2.06. The molecule has 0 saturated heterocycles. The first-order valence-electron chi connectivity index (χ1n) is 10.4. The van der Waals surface area contributed by atoms with Crippen LogP contribution < -0.4 is 4.74 Å². The lowest BCUT2D eigenvalue weighted by molar-refractivity contribution is -0.136. The van der Waals surface area contributed by atoms with Gasteiger partial charge in [0.1, 0.15) is 17.0 Å². The Balaban J connectivity index is 1.60. The SMILES string of the molecule is FC(F)(F)c1cccc2c(-c3ccc(Oc4ccccc4)cc3)n(Cc3ccccc3)nc12. The summed E-state index contributed by atoms with van der Waals surface area (Å²) in [5.41, 5.74) is 1.54. The van der Waals surface area contributed by atoms with E-state index < -0.39 is 11.7 Å². The minimum atomic E-state index is -4.49. The first-order chi connectivity index (χ1) is 16.0. The van der Waals surface area contributed by atoms with E-state index >= 15 is 0 Å². The lowest BCUT2D eigenvalue weighted by Gasteiger charge is -2.10. The van der Waals surface area contributed by atoms with Crippen molar-refractivity contribution in [1.29, 1.82) is 0 Å². The van der Waals surface area contributed by atoms with E-state index in [1.165, 1.54) is 6.07 Å². The van der Waals surface area contributed by atoms with Gasteiger partial charge in [0.25, 0.3) is 0 Å². The van der Waals surface area contributed by atoms with Crippen molar-refractivity contribution < 1.29 is 17.9 Å². The zero-order chi connectivity index (χ0) is 22.8. The standard InChI is InChI=1S/C27H19F3N2O/c28-27(29,30)24-13-7-12-23-25(24)31-32(18-19-8-3-1-4-9-19)26(23)20-14-16-22(17-15-20)33-21-10-5-2-6-11-21/h1-17H,18H2. The number of aromatic nitrogens is 2. The zero-order valence-electron chi connectivity index (χ0n) is 17.5. The highest BCUT2D eigenvalue weighted by atomic mass is 19.4. The first kappa shape index (κ1) is 20.8. The van der Waals surface area contributed by atoms with E-state index in [2.05, 4.69) is 5.10 Å². The van der Waals surface area contributed by atoms with Crippen molar-refractivity contribution in [3.63, 3.8) is 0 Å². The molecule has 5 aromatic rings. The smallest absolute Gasteiger partial charge is 0.418 e. The van der Waals surface area contributed by atoms with Gasteiger partial charge in [-0.25, -0.2) is 0 Å². The van der Waals surface area contributed by atoms with Crippen LogP contribution >= 0.6 is 0 Å². The Kier molecular flexibility index (Phi) is 5.34. The molecule has 164 valence electrons. The Bertz CT molecular complexity index is 1380. The minimum Gasteiger partial charge on any atom is -0.457 e. The summed E-state index contributed by atoms with van der Waals surface area (Å²) in [5, 5.41) is 4.86. The third-order valence-electron chi connectivity index (χ3n) is 5.36. The van der Waals surface area contributed by atoms with E-state index in [0.29, 0.717) is 29.1 Å². The Morgan fingerprint density at radius 3 is 2.00 bits per heavy atom. The first-order valence-corrected chi connectivity index (χ1v) is 10.4. The summed E-state index contributed by atoms with van der Waals surface area (Å²) in [4.78, 5) is 0. The lowest BCUT2D eigenvalue weighted by atomic mass is 10.0. The molecule has 0 radical (unpaired) electrons. The van der Waals surface area contributed by atoms with Crippen molar-refractivity contribution in [1.82, 2.24) is 9.78 Å². The topological polar surface area (TPSA) is 27.1 Å². The van der Waals surface area contributed by atoms with Gasteiger partial charge in [-0.15, -0.1) is 0 Å². The largest absolute Gasteiger partial charge is 0.457 e. The quantitative estimate of drug-likeness (QED) is 0.280. The highest BCUT2D eigenvalue weighted by Crippen LogP contribution is 2.38. The summed E-state index contributed by atoms with van der Waals surface area (Å²) in [6.45, 7) is 0.352. The molecule has 3 nitrogen and oxygen atoms in total. The van der Waals surface area contributed by atoms with Gasteiger partial charge < -0.3 is 4.74 Å². The molecule has 4 aromatic carbocycles. The van der Waals surface area contributed by atoms with Gasteiger partial charge >= 0.3 is 6.18 Å². The predicted molar refractivity (Wildman–Crippen MR) is 122 cm³/mol. The van der Waals surface area contributed by atoms with E-state index in [1.807, 2.05) is 84.9 Å². The number of hydrogen-bond donors (Lipinski definition) is 0. The number of ether oxygens (including phenoxy) is 1. The summed E-state index contributed by atoms with van der Waals surface area (Å²) in [5.74, 6) is 1.35. The number of hydrogen-bond acceptors (Lipinski definition) is 2. The summed E-state index contributed by atoms with van der Waals surface area (Å²) < 4.78 is 48.5. The van der Waals surface area contributed by atoms with Gasteiger partial charge in [-0.1, -0.05) is 60.7 Å². The van der Waals surface area contributed by atoms with E-state index in [9.17, 15) is 13.2 Å². The fourth-order valence-corrected chi connectivity index (χ4v) is 3.86. The zero-order valence-corrected chi connectivity index (χ0v) is 17.5. The normalized spacial score (nSPS) is 11.6. The molecular weight excluding hydrogens is 425 g/mol. The molecule has 6 heteroatoms. The van der Waals surface area contributed by atoms with Crippen LogP contribution in [0.2, 0.25) is 0 Å². The van der Waals surface area contributed by atoms with Gasteiger partial charge in [0, 0.05) is 10.9 Å². The number of alkyl halides is 3. The van der Waals surface area contributed by atoms with Crippen LogP contribution in [0.4, 0.5) is 13.2 Å². The van der Waals surface area contributed by atoms with Crippen molar-refractivity contribution in [2.75, 3.05) is 0 Å². The molecule has 0 spiro atoms. The highest BCUT2D eigenvalue weighted by molar-refractivity contribution is 5.95. The number of halogens is 3. The predicted octanol–water partition coefficient (Wildman–Crippen LogP) is 7.56. The number of benzene rings is 4. The van der Waals surface area contributed by atoms with Crippen LogP contribution in [0.5, 0.6) is 11.5 Å². The Hall–Kier alpha value is -4.06. The molecule has 1 heterocycles. The van der Waals surface area contributed by atoms with Gasteiger partial charge in [0.2, 0.25) is 0 Å². The van der Waals surface area contributed by atoms with Crippen molar-refractivity contribution in [2.45, 2.75) is 12.7 Å². The minimum absolute atomic E-state index is 0.0551. The maximum absolute atomic E-state index is 13.7. The molecule has 5 rings (SSSR count). The van der Waals surface area contributed by atoms with Crippen molar-refractivity contribution in [3.05, 3.63) is 114 Å². The van der Waals surface area contributed by atoms with E-state index in [1.54, 1.807) is 10.7 Å². The molecule has 0 N–H and O–H groups in total. The molecule has 0 amide bonds. The van der Waals surface area contributed by atoms with E-state index in [0.717, 1.165) is 17.2 Å². The average molecular weight is 444 g/mol. The summed E-state index contributed by atoms with van der Waals surface area (Å²) in [6, 6.07) is 30.4. The maximum Gasteiger partial charge on any atom is 0.418 e. The Labute approximate surface area is 188 Å². The van der Waals surface area contributed by atoms with E-state index in [-0.39, 0.29) is 5.52 Å². The van der Waals surface area contributed by atoms with Crippen LogP contribution in [-0.4, -0.2) is 9.78 Å².